The van der Waals surface area contributed by atoms with E-state index in [2.05, 4.69) is 34.6 Å². The zero-order valence-corrected chi connectivity index (χ0v) is 12.0. The first-order valence-electron chi connectivity index (χ1n) is 7.17. The van der Waals surface area contributed by atoms with Gasteiger partial charge in [0.2, 0.25) is 0 Å². The third-order valence-corrected chi connectivity index (χ3v) is 3.98. The van der Waals surface area contributed by atoms with Crippen LogP contribution >= 0.6 is 0 Å². The minimum Gasteiger partial charge on any atom is -0.478 e. The summed E-state index contributed by atoms with van der Waals surface area (Å²) in [5.41, 5.74) is 4.47. The van der Waals surface area contributed by atoms with Crippen LogP contribution in [0.2, 0.25) is 0 Å². The molecule has 4 heteroatoms. The van der Waals surface area contributed by atoms with Gasteiger partial charge in [0, 0.05) is 17.9 Å². The number of fused-ring (bicyclic) bond motifs is 1. The molecule has 1 aliphatic rings. The molecule has 21 heavy (non-hydrogen) atoms. The van der Waals surface area contributed by atoms with Crippen molar-refractivity contribution in [2.75, 3.05) is 5.32 Å². The van der Waals surface area contributed by atoms with E-state index in [1.54, 1.807) is 0 Å². The highest BCUT2D eigenvalue weighted by Crippen LogP contribution is 2.25. The van der Waals surface area contributed by atoms with Crippen LogP contribution < -0.4 is 5.32 Å². The molecule has 0 fully saturated rings. The third-order valence-electron chi connectivity index (χ3n) is 3.98. The fourth-order valence-electron chi connectivity index (χ4n) is 2.89. The first-order chi connectivity index (χ1) is 10.1. The van der Waals surface area contributed by atoms with Crippen molar-refractivity contribution >= 4 is 11.7 Å². The molecule has 1 aromatic carbocycles. The fourth-order valence-corrected chi connectivity index (χ4v) is 2.89. The SMILES string of the molecule is Cc1cc(NC2CCc3ccccc3C2)c(C(=O)O)cn1. The second-order valence-corrected chi connectivity index (χ2v) is 5.53. The number of benzene rings is 1. The first-order valence-corrected chi connectivity index (χ1v) is 7.17. The smallest absolute Gasteiger partial charge is 0.339 e. The van der Waals surface area contributed by atoms with E-state index in [4.69, 9.17) is 0 Å². The van der Waals surface area contributed by atoms with Gasteiger partial charge in [-0.05, 0) is 43.4 Å². The van der Waals surface area contributed by atoms with E-state index in [9.17, 15) is 9.90 Å². The summed E-state index contributed by atoms with van der Waals surface area (Å²) >= 11 is 0. The molecule has 0 radical (unpaired) electrons. The molecule has 2 aromatic rings. The number of aromatic carboxylic acids is 1. The topological polar surface area (TPSA) is 62.2 Å². The lowest BCUT2D eigenvalue weighted by Crippen LogP contribution is -2.28. The van der Waals surface area contributed by atoms with Crippen molar-refractivity contribution in [1.82, 2.24) is 4.98 Å². The molecule has 4 nitrogen and oxygen atoms in total. The normalized spacial score (nSPS) is 17.1. The number of pyridine rings is 1. The Bertz CT molecular complexity index is 682. The van der Waals surface area contributed by atoms with Crippen LogP contribution in [0.15, 0.2) is 36.5 Å². The summed E-state index contributed by atoms with van der Waals surface area (Å²) < 4.78 is 0. The number of nitrogens with zero attached hydrogens (tertiary/aromatic N) is 1. The minimum absolute atomic E-state index is 0.236. The molecule has 0 saturated carbocycles. The highest BCUT2D eigenvalue weighted by Gasteiger charge is 2.20. The Labute approximate surface area is 123 Å². The Hall–Kier alpha value is -2.36. The molecular weight excluding hydrogens is 264 g/mol. The Morgan fingerprint density at radius 3 is 2.86 bits per heavy atom. The summed E-state index contributed by atoms with van der Waals surface area (Å²) in [5.74, 6) is -0.943. The second-order valence-electron chi connectivity index (χ2n) is 5.53. The number of hydrogen-bond donors (Lipinski definition) is 2. The van der Waals surface area contributed by atoms with Crippen molar-refractivity contribution in [1.29, 1.82) is 0 Å². The van der Waals surface area contributed by atoms with Gasteiger partial charge in [0.25, 0.3) is 0 Å². The standard InChI is InChI=1S/C17H18N2O2/c1-11-8-16(15(10-18-11)17(20)21)19-14-7-6-12-4-2-3-5-13(12)9-14/h2-5,8,10,14H,6-7,9H2,1H3,(H,18,19)(H,20,21). The lowest BCUT2D eigenvalue weighted by molar-refractivity contribution is 0.0697. The van der Waals surface area contributed by atoms with Gasteiger partial charge < -0.3 is 10.4 Å². The minimum atomic E-state index is -0.943. The largest absolute Gasteiger partial charge is 0.478 e. The molecule has 0 bridgehead atoms. The summed E-state index contributed by atoms with van der Waals surface area (Å²) in [5, 5.41) is 12.7. The maximum atomic E-state index is 11.3. The molecule has 1 aliphatic carbocycles. The number of carbonyl (C=O) groups is 1. The number of carboxylic acids is 1. The molecule has 2 N–H and O–H groups in total. The first kappa shape index (κ1) is 13.6. The van der Waals surface area contributed by atoms with Crippen LogP contribution in [0.25, 0.3) is 0 Å². The molecule has 1 aromatic heterocycles. The van der Waals surface area contributed by atoms with Gasteiger partial charge in [-0.1, -0.05) is 24.3 Å². The summed E-state index contributed by atoms with van der Waals surface area (Å²) in [6.45, 7) is 1.87. The predicted octanol–water partition coefficient (Wildman–Crippen LogP) is 3.06. The number of nitrogens with one attached hydrogen (secondary N) is 1. The number of aryl methyl sites for hydroxylation is 2. The molecule has 1 heterocycles. The Morgan fingerprint density at radius 1 is 1.33 bits per heavy atom. The third kappa shape index (κ3) is 2.89. The van der Waals surface area contributed by atoms with Gasteiger partial charge in [-0.15, -0.1) is 0 Å². The second kappa shape index (κ2) is 5.56. The van der Waals surface area contributed by atoms with Crippen molar-refractivity contribution in [3.63, 3.8) is 0 Å². The summed E-state index contributed by atoms with van der Waals surface area (Å²) in [7, 11) is 0. The van der Waals surface area contributed by atoms with E-state index in [1.165, 1.54) is 17.3 Å². The van der Waals surface area contributed by atoms with Crippen molar-refractivity contribution in [3.8, 4) is 0 Å². The van der Waals surface area contributed by atoms with Gasteiger partial charge in [0.05, 0.1) is 5.69 Å². The summed E-state index contributed by atoms with van der Waals surface area (Å²) in [4.78, 5) is 15.4. The quantitative estimate of drug-likeness (QED) is 0.908. The molecule has 0 spiro atoms. The van der Waals surface area contributed by atoms with E-state index < -0.39 is 5.97 Å². The molecule has 1 atom stereocenters. The van der Waals surface area contributed by atoms with Gasteiger partial charge in [0.15, 0.2) is 0 Å². The van der Waals surface area contributed by atoms with Crippen LogP contribution in [0.3, 0.4) is 0 Å². The summed E-state index contributed by atoms with van der Waals surface area (Å²) in [6.07, 6.45) is 4.39. The van der Waals surface area contributed by atoms with Gasteiger partial charge in [0.1, 0.15) is 5.56 Å². The Kier molecular flexibility index (Phi) is 3.60. The van der Waals surface area contributed by atoms with E-state index >= 15 is 0 Å². The molecule has 3 rings (SSSR count). The molecule has 108 valence electrons. The van der Waals surface area contributed by atoms with Crippen molar-refractivity contribution in [3.05, 3.63) is 58.9 Å². The Morgan fingerprint density at radius 2 is 2.10 bits per heavy atom. The van der Waals surface area contributed by atoms with Crippen molar-refractivity contribution < 1.29 is 9.90 Å². The lowest BCUT2D eigenvalue weighted by Gasteiger charge is -2.27. The van der Waals surface area contributed by atoms with E-state index in [1.807, 2.05) is 13.0 Å². The highest BCUT2D eigenvalue weighted by atomic mass is 16.4. The van der Waals surface area contributed by atoms with Crippen molar-refractivity contribution in [2.24, 2.45) is 0 Å². The highest BCUT2D eigenvalue weighted by molar-refractivity contribution is 5.93. The molecule has 0 saturated heterocycles. The average molecular weight is 282 g/mol. The van der Waals surface area contributed by atoms with Crippen LogP contribution in [-0.4, -0.2) is 22.1 Å². The maximum Gasteiger partial charge on any atom is 0.339 e. The number of rotatable bonds is 3. The predicted molar refractivity (Wildman–Crippen MR) is 81.8 cm³/mol. The van der Waals surface area contributed by atoms with Crippen LogP contribution in [0.5, 0.6) is 0 Å². The van der Waals surface area contributed by atoms with Crippen LogP contribution in [0.4, 0.5) is 5.69 Å². The van der Waals surface area contributed by atoms with Crippen molar-refractivity contribution in [2.45, 2.75) is 32.2 Å². The molecule has 0 aliphatic heterocycles. The van der Waals surface area contributed by atoms with Gasteiger partial charge in [-0.2, -0.15) is 0 Å². The van der Waals surface area contributed by atoms with Crippen LogP contribution in [0, 0.1) is 6.92 Å². The van der Waals surface area contributed by atoms with E-state index in [0.717, 1.165) is 25.0 Å². The van der Waals surface area contributed by atoms with E-state index in [0.29, 0.717) is 5.69 Å². The van der Waals surface area contributed by atoms with Crippen LogP contribution in [0.1, 0.15) is 33.6 Å². The molecule has 0 amide bonds. The van der Waals surface area contributed by atoms with Crippen LogP contribution in [-0.2, 0) is 12.8 Å². The maximum absolute atomic E-state index is 11.3. The van der Waals surface area contributed by atoms with E-state index in [-0.39, 0.29) is 11.6 Å². The monoisotopic (exact) mass is 282 g/mol. The molecular formula is C17H18N2O2. The Balaban J connectivity index is 1.82. The lowest BCUT2D eigenvalue weighted by atomic mass is 9.88. The fraction of sp³-hybridized carbons (Fsp3) is 0.294. The number of anilines is 1. The number of aromatic nitrogens is 1. The summed E-state index contributed by atoms with van der Waals surface area (Å²) in [6, 6.07) is 10.5. The van der Waals surface area contributed by atoms with Gasteiger partial charge >= 0.3 is 5.97 Å². The number of hydrogen-bond acceptors (Lipinski definition) is 3. The average Bonchev–Trinajstić information content (AvgIpc) is 2.47. The zero-order chi connectivity index (χ0) is 14.8. The van der Waals surface area contributed by atoms with Gasteiger partial charge in [-0.25, -0.2) is 4.79 Å². The van der Waals surface area contributed by atoms with Gasteiger partial charge in [-0.3, -0.25) is 4.98 Å². The zero-order valence-electron chi connectivity index (χ0n) is 12.0. The molecule has 1 unspecified atom stereocenters. The number of carboxylic acid groups (broad SMARTS) is 1.